The van der Waals surface area contributed by atoms with Crippen molar-refractivity contribution in [2.24, 2.45) is 0 Å². The largest absolute Gasteiger partial charge is 0.497 e. The number of benzene rings is 1. The lowest BCUT2D eigenvalue weighted by atomic mass is 10.1. The Labute approximate surface area is 157 Å². The van der Waals surface area contributed by atoms with Crippen molar-refractivity contribution < 1.29 is 19.4 Å². The molecule has 2 aromatic rings. The summed E-state index contributed by atoms with van der Waals surface area (Å²) < 4.78 is 6.67. The van der Waals surface area contributed by atoms with E-state index in [0.29, 0.717) is 13.1 Å². The van der Waals surface area contributed by atoms with E-state index in [2.05, 4.69) is 16.1 Å². The number of amides is 1. The molecule has 1 amide bonds. The van der Waals surface area contributed by atoms with Gasteiger partial charge in [0.05, 0.1) is 18.9 Å². The quantitative estimate of drug-likeness (QED) is 0.827. The first kappa shape index (κ1) is 18.9. The molecule has 1 aromatic carbocycles. The van der Waals surface area contributed by atoms with E-state index in [1.807, 2.05) is 23.1 Å². The minimum Gasteiger partial charge on any atom is -0.497 e. The van der Waals surface area contributed by atoms with Crippen molar-refractivity contribution in [3.05, 3.63) is 47.8 Å². The van der Waals surface area contributed by atoms with Gasteiger partial charge in [0.25, 0.3) is 0 Å². The summed E-state index contributed by atoms with van der Waals surface area (Å²) in [4.78, 5) is 27.8. The van der Waals surface area contributed by atoms with Crippen molar-refractivity contribution in [3.8, 4) is 5.75 Å². The molecule has 144 valence electrons. The van der Waals surface area contributed by atoms with E-state index in [4.69, 9.17) is 9.84 Å². The molecule has 1 fully saturated rings. The molecule has 27 heavy (non-hydrogen) atoms. The Bertz CT molecular complexity index is 812. The first-order valence-electron chi connectivity index (χ1n) is 8.89. The van der Waals surface area contributed by atoms with Gasteiger partial charge in [0.1, 0.15) is 11.8 Å². The number of aromatic nitrogens is 2. The third kappa shape index (κ3) is 4.46. The predicted octanol–water partition coefficient (Wildman–Crippen LogP) is 1.50. The van der Waals surface area contributed by atoms with Crippen LogP contribution in [0.15, 0.2) is 36.7 Å². The second-order valence-corrected chi connectivity index (χ2v) is 6.64. The van der Waals surface area contributed by atoms with Gasteiger partial charge in [-0.15, -0.1) is 0 Å². The number of ether oxygens (including phenoxy) is 1. The molecule has 0 aliphatic carbocycles. The van der Waals surface area contributed by atoms with Gasteiger partial charge in [0.2, 0.25) is 5.91 Å². The van der Waals surface area contributed by atoms with Crippen LogP contribution in [-0.2, 0) is 11.3 Å². The molecule has 3 rings (SSSR count). The van der Waals surface area contributed by atoms with E-state index >= 15 is 0 Å². The highest BCUT2D eigenvalue weighted by Crippen LogP contribution is 2.17. The third-order valence-electron chi connectivity index (χ3n) is 4.83. The Morgan fingerprint density at radius 1 is 1.26 bits per heavy atom. The average molecular weight is 372 g/mol. The molecule has 1 aliphatic heterocycles. The van der Waals surface area contributed by atoms with E-state index in [1.54, 1.807) is 14.0 Å². The molecular weight excluding hydrogens is 348 g/mol. The third-order valence-corrected chi connectivity index (χ3v) is 4.83. The average Bonchev–Trinajstić information content (AvgIpc) is 3.18. The lowest BCUT2D eigenvalue weighted by Gasteiger charge is -2.36. The van der Waals surface area contributed by atoms with Crippen LogP contribution in [0.1, 0.15) is 28.9 Å². The van der Waals surface area contributed by atoms with Crippen molar-refractivity contribution in [3.63, 3.8) is 0 Å². The molecule has 1 aromatic heterocycles. The van der Waals surface area contributed by atoms with Crippen molar-refractivity contribution in [2.75, 3.05) is 33.3 Å². The maximum Gasteiger partial charge on any atom is 0.338 e. The molecule has 0 bridgehead atoms. The van der Waals surface area contributed by atoms with Gasteiger partial charge < -0.3 is 14.7 Å². The summed E-state index contributed by atoms with van der Waals surface area (Å²) in [5.74, 6) is -0.252. The summed E-state index contributed by atoms with van der Waals surface area (Å²) in [6.07, 6.45) is 2.65. The van der Waals surface area contributed by atoms with Crippen LogP contribution in [0.25, 0.3) is 0 Å². The van der Waals surface area contributed by atoms with Crippen LogP contribution in [0.4, 0.5) is 0 Å². The van der Waals surface area contributed by atoms with E-state index in [-0.39, 0.29) is 11.5 Å². The van der Waals surface area contributed by atoms with Crippen LogP contribution in [0, 0.1) is 0 Å². The molecule has 1 atom stereocenters. The lowest BCUT2D eigenvalue weighted by molar-refractivity contribution is -0.136. The van der Waals surface area contributed by atoms with Gasteiger partial charge in [0.15, 0.2) is 0 Å². The highest BCUT2D eigenvalue weighted by Gasteiger charge is 2.26. The maximum absolute atomic E-state index is 12.7. The first-order chi connectivity index (χ1) is 13.0. The number of hydrogen-bond donors (Lipinski definition) is 1. The minimum absolute atomic E-state index is 0.0453. The van der Waals surface area contributed by atoms with Gasteiger partial charge in [-0.3, -0.25) is 14.4 Å². The molecular formula is C19H24N4O4. The number of aromatic carboxylic acids is 1. The summed E-state index contributed by atoms with van der Waals surface area (Å²) in [5.41, 5.74) is 1.26. The fourth-order valence-electron chi connectivity index (χ4n) is 3.19. The second kappa shape index (κ2) is 8.22. The van der Waals surface area contributed by atoms with Gasteiger partial charge >= 0.3 is 5.97 Å². The van der Waals surface area contributed by atoms with Gasteiger partial charge in [0, 0.05) is 38.9 Å². The molecule has 1 aliphatic rings. The highest BCUT2D eigenvalue weighted by molar-refractivity contribution is 5.87. The zero-order chi connectivity index (χ0) is 19.4. The summed E-state index contributed by atoms with van der Waals surface area (Å²) in [6, 6.07) is 7.47. The normalized spacial score (nSPS) is 16.1. The van der Waals surface area contributed by atoms with Crippen LogP contribution in [0.5, 0.6) is 5.75 Å². The number of carboxylic acid groups (broad SMARTS) is 1. The molecule has 2 heterocycles. The number of piperazine rings is 1. The first-order valence-corrected chi connectivity index (χ1v) is 8.89. The second-order valence-electron chi connectivity index (χ2n) is 6.64. The SMILES string of the molecule is COc1cccc(CN2CCN(C(=O)C(C)n3cc(C(=O)O)cn3)CC2)c1. The molecule has 0 radical (unpaired) electrons. The summed E-state index contributed by atoms with van der Waals surface area (Å²) in [5, 5.41) is 13.0. The molecule has 1 N–H and O–H groups in total. The zero-order valence-corrected chi connectivity index (χ0v) is 15.5. The molecule has 1 unspecified atom stereocenters. The van der Waals surface area contributed by atoms with Gasteiger partial charge in [-0.1, -0.05) is 12.1 Å². The minimum atomic E-state index is -1.05. The van der Waals surface area contributed by atoms with Crippen molar-refractivity contribution in [2.45, 2.75) is 19.5 Å². The van der Waals surface area contributed by atoms with Gasteiger partial charge in [-0.2, -0.15) is 5.10 Å². The van der Waals surface area contributed by atoms with E-state index in [0.717, 1.165) is 25.4 Å². The Morgan fingerprint density at radius 2 is 2.00 bits per heavy atom. The number of rotatable bonds is 6. The van der Waals surface area contributed by atoms with Gasteiger partial charge in [-0.05, 0) is 24.6 Å². The van der Waals surface area contributed by atoms with Crippen molar-refractivity contribution in [1.82, 2.24) is 19.6 Å². The monoisotopic (exact) mass is 372 g/mol. The van der Waals surface area contributed by atoms with Crippen molar-refractivity contribution >= 4 is 11.9 Å². The van der Waals surface area contributed by atoms with Crippen LogP contribution < -0.4 is 4.74 Å². The topological polar surface area (TPSA) is 87.9 Å². The van der Waals surface area contributed by atoms with Crippen LogP contribution in [0.3, 0.4) is 0 Å². The molecule has 1 saturated heterocycles. The van der Waals surface area contributed by atoms with Crippen LogP contribution in [-0.4, -0.2) is 69.9 Å². The highest BCUT2D eigenvalue weighted by atomic mass is 16.5. The molecule has 8 heteroatoms. The van der Waals surface area contributed by atoms with Crippen molar-refractivity contribution in [1.29, 1.82) is 0 Å². The van der Waals surface area contributed by atoms with Crippen LogP contribution >= 0.6 is 0 Å². The Kier molecular flexibility index (Phi) is 5.75. The van der Waals surface area contributed by atoms with E-state index in [9.17, 15) is 9.59 Å². The number of nitrogens with zero attached hydrogens (tertiary/aromatic N) is 4. The number of carboxylic acids is 1. The smallest absolute Gasteiger partial charge is 0.338 e. The zero-order valence-electron chi connectivity index (χ0n) is 15.5. The van der Waals surface area contributed by atoms with E-state index < -0.39 is 12.0 Å². The predicted molar refractivity (Wildman–Crippen MR) is 98.7 cm³/mol. The maximum atomic E-state index is 12.7. The summed E-state index contributed by atoms with van der Waals surface area (Å²) >= 11 is 0. The number of carbonyl (C=O) groups excluding carboxylic acids is 1. The molecule has 8 nitrogen and oxygen atoms in total. The Morgan fingerprint density at radius 3 is 2.63 bits per heavy atom. The Hall–Kier alpha value is -2.87. The number of methoxy groups -OCH3 is 1. The Balaban J connectivity index is 1.54. The number of carbonyl (C=O) groups is 2. The summed E-state index contributed by atoms with van der Waals surface area (Å²) in [6.45, 7) is 5.41. The van der Waals surface area contributed by atoms with Gasteiger partial charge in [-0.25, -0.2) is 4.79 Å². The fraction of sp³-hybridized carbons (Fsp3) is 0.421. The lowest BCUT2D eigenvalue weighted by Crippen LogP contribution is -2.49. The summed E-state index contributed by atoms with van der Waals surface area (Å²) in [7, 11) is 1.66. The standard InChI is InChI=1S/C19H24N4O4/c1-14(23-13-16(11-20-23)19(25)26)18(24)22-8-6-21(7-9-22)12-15-4-3-5-17(10-15)27-2/h3-5,10-11,13-14H,6-9,12H2,1-2H3,(H,25,26). The fourth-order valence-corrected chi connectivity index (χ4v) is 3.19. The molecule has 0 spiro atoms. The van der Waals surface area contributed by atoms with E-state index in [1.165, 1.54) is 22.6 Å². The number of hydrogen-bond acceptors (Lipinski definition) is 5. The van der Waals surface area contributed by atoms with Crippen LogP contribution in [0.2, 0.25) is 0 Å². The molecule has 0 saturated carbocycles.